The van der Waals surface area contributed by atoms with Crippen molar-refractivity contribution in [2.24, 2.45) is 0 Å². The Labute approximate surface area is 112 Å². The maximum Gasteiger partial charge on any atom is 0.237 e. The maximum atomic E-state index is 11.7. The van der Waals surface area contributed by atoms with E-state index in [1.165, 1.54) is 0 Å². The van der Waals surface area contributed by atoms with Crippen LogP contribution in [0.1, 0.15) is 50.7 Å². The van der Waals surface area contributed by atoms with Crippen LogP contribution in [0, 0.1) is 0 Å². The van der Waals surface area contributed by atoms with Gasteiger partial charge in [-0.2, -0.15) is 4.98 Å². The first-order valence-corrected chi connectivity index (χ1v) is 6.62. The van der Waals surface area contributed by atoms with Crippen molar-refractivity contribution >= 4 is 5.78 Å². The molecule has 1 fully saturated rings. The number of rotatable bonds is 5. The lowest BCUT2D eigenvalue weighted by molar-refractivity contribution is -0.120. The Morgan fingerprint density at radius 3 is 2.74 bits per heavy atom. The van der Waals surface area contributed by atoms with Crippen LogP contribution < -0.4 is 0 Å². The van der Waals surface area contributed by atoms with Crippen molar-refractivity contribution in [3.63, 3.8) is 0 Å². The first-order valence-electron chi connectivity index (χ1n) is 6.62. The monoisotopic (exact) mass is 268 g/mol. The summed E-state index contributed by atoms with van der Waals surface area (Å²) >= 11 is 0. The summed E-state index contributed by atoms with van der Waals surface area (Å²) in [6, 6.07) is 0. The molecule has 1 saturated heterocycles. The van der Waals surface area contributed by atoms with Crippen LogP contribution in [-0.4, -0.2) is 36.2 Å². The van der Waals surface area contributed by atoms with E-state index < -0.39 is 5.60 Å². The van der Waals surface area contributed by atoms with E-state index in [0.717, 1.165) is 0 Å². The zero-order chi connectivity index (χ0) is 13.9. The number of aromatic nitrogens is 2. The van der Waals surface area contributed by atoms with Crippen LogP contribution in [0.25, 0.3) is 0 Å². The summed E-state index contributed by atoms with van der Waals surface area (Å²) in [7, 11) is 1.64. The highest BCUT2D eigenvalue weighted by molar-refractivity contribution is 5.83. The van der Waals surface area contributed by atoms with Crippen LogP contribution >= 0.6 is 0 Å². The van der Waals surface area contributed by atoms with Crippen LogP contribution in [0.3, 0.4) is 0 Å². The van der Waals surface area contributed by atoms with Gasteiger partial charge in [0.25, 0.3) is 0 Å². The molecule has 0 aromatic carbocycles. The fourth-order valence-electron chi connectivity index (χ4n) is 2.26. The molecule has 0 radical (unpaired) electrons. The van der Waals surface area contributed by atoms with Crippen LogP contribution in [-0.2, 0) is 19.9 Å². The molecule has 106 valence electrons. The molecule has 19 heavy (non-hydrogen) atoms. The third-order valence-electron chi connectivity index (χ3n) is 3.74. The van der Waals surface area contributed by atoms with Gasteiger partial charge in [-0.1, -0.05) is 12.1 Å². The van der Waals surface area contributed by atoms with Gasteiger partial charge in [0, 0.05) is 39.6 Å². The van der Waals surface area contributed by atoms with Gasteiger partial charge < -0.3 is 14.0 Å². The van der Waals surface area contributed by atoms with E-state index >= 15 is 0 Å². The Hall–Kier alpha value is -1.27. The van der Waals surface area contributed by atoms with Gasteiger partial charge >= 0.3 is 0 Å². The van der Waals surface area contributed by atoms with Gasteiger partial charge in [-0.25, -0.2) is 0 Å². The van der Waals surface area contributed by atoms with Crippen LogP contribution in [0.4, 0.5) is 0 Å². The molecule has 1 aromatic heterocycles. The Bertz CT molecular complexity index is 438. The first-order chi connectivity index (χ1) is 9.13. The minimum absolute atomic E-state index is 0.0913. The lowest BCUT2D eigenvalue weighted by Crippen LogP contribution is -2.36. The SMILES string of the molecule is CCC(=O)C(C)c1nc(C2(OC)CCOCC2)no1. The number of Topliss-reactive ketones (excluding diaryl/α,β-unsaturated/α-hetero) is 1. The van der Waals surface area contributed by atoms with E-state index in [1.54, 1.807) is 14.0 Å². The molecule has 0 bridgehead atoms. The van der Waals surface area contributed by atoms with Gasteiger partial charge in [-0.05, 0) is 6.92 Å². The van der Waals surface area contributed by atoms with E-state index in [0.29, 0.717) is 44.2 Å². The molecule has 1 aliphatic heterocycles. The molecule has 1 aliphatic rings. The molecule has 1 aromatic rings. The molecule has 2 rings (SSSR count). The number of ketones is 1. The predicted molar refractivity (Wildman–Crippen MR) is 66.8 cm³/mol. The minimum Gasteiger partial charge on any atom is -0.381 e. The Morgan fingerprint density at radius 2 is 2.16 bits per heavy atom. The topological polar surface area (TPSA) is 74.5 Å². The molecule has 0 N–H and O–H groups in total. The smallest absolute Gasteiger partial charge is 0.237 e. The number of hydrogen-bond acceptors (Lipinski definition) is 6. The van der Waals surface area contributed by atoms with E-state index in [4.69, 9.17) is 14.0 Å². The van der Waals surface area contributed by atoms with Gasteiger partial charge in [0.15, 0.2) is 0 Å². The molecule has 2 heterocycles. The summed E-state index contributed by atoms with van der Waals surface area (Å²) in [5.41, 5.74) is -0.547. The zero-order valence-electron chi connectivity index (χ0n) is 11.6. The Morgan fingerprint density at radius 1 is 1.47 bits per heavy atom. The molecule has 0 amide bonds. The minimum atomic E-state index is -0.547. The highest BCUT2D eigenvalue weighted by Crippen LogP contribution is 2.34. The van der Waals surface area contributed by atoms with Gasteiger partial charge in [0.1, 0.15) is 11.4 Å². The van der Waals surface area contributed by atoms with Crippen molar-refractivity contribution in [3.8, 4) is 0 Å². The molecule has 0 aliphatic carbocycles. The Balaban J connectivity index is 2.21. The molecule has 0 saturated carbocycles. The normalized spacial score (nSPS) is 20.2. The number of carbonyl (C=O) groups excluding carboxylic acids is 1. The molecular weight excluding hydrogens is 248 g/mol. The molecule has 0 spiro atoms. The van der Waals surface area contributed by atoms with Crippen molar-refractivity contribution < 1.29 is 18.8 Å². The number of methoxy groups -OCH3 is 1. The second kappa shape index (κ2) is 5.79. The van der Waals surface area contributed by atoms with E-state index in [2.05, 4.69) is 10.1 Å². The van der Waals surface area contributed by atoms with Crippen molar-refractivity contribution in [2.45, 2.75) is 44.6 Å². The van der Waals surface area contributed by atoms with Crippen LogP contribution in [0.2, 0.25) is 0 Å². The van der Waals surface area contributed by atoms with Gasteiger partial charge in [-0.15, -0.1) is 0 Å². The van der Waals surface area contributed by atoms with Gasteiger partial charge in [-0.3, -0.25) is 4.79 Å². The second-order valence-electron chi connectivity index (χ2n) is 4.81. The summed E-state index contributed by atoms with van der Waals surface area (Å²) in [6.07, 6.45) is 1.85. The molecular formula is C13H20N2O4. The van der Waals surface area contributed by atoms with E-state index in [-0.39, 0.29) is 11.7 Å². The standard InChI is InChI=1S/C13H20N2O4/c1-4-10(16)9(2)11-14-12(15-19-11)13(17-3)5-7-18-8-6-13/h9H,4-8H2,1-3H3. The number of hydrogen-bond donors (Lipinski definition) is 0. The van der Waals surface area contributed by atoms with Crippen molar-refractivity contribution in [3.05, 3.63) is 11.7 Å². The van der Waals surface area contributed by atoms with Crippen LogP contribution in [0.15, 0.2) is 4.52 Å². The number of nitrogens with zero attached hydrogens (tertiary/aromatic N) is 2. The Kier molecular flexibility index (Phi) is 4.31. The fourth-order valence-corrected chi connectivity index (χ4v) is 2.26. The quantitative estimate of drug-likeness (QED) is 0.810. The van der Waals surface area contributed by atoms with Gasteiger partial charge in [0.2, 0.25) is 11.7 Å². The third-order valence-corrected chi connectivity index (χ3v) is 3.74. The fraction of sp³-hybridized carbons (Fsp3) is 0.769. The lowest BCUT2D eigenvalue weighted by Gasteiger charge is -2.32. The summed E-state index contributed by atoms with van der Waals surface area (Å²) < 4.78 is 16.2. The first kappa shape index (κ1) is 14.1. The van der Waals surface area contributed by atoms with Crippen molar-refractivity contribution in [1.82, 2.24) is 10.1 Å². The second-order valence-corrected chi connectivity index (χ2v) is 4.81. The largest absolute Gasteiger partial charge is 0.381 e. The number of ether oxygens (including phenoxy) is 2. The number of carbonyl (C=O) groups is 1. The molecule has 6 nitrogen and oxygen atoms in total. The molecule has 6 heteroatoms. The highest BCUT2D eigenvalue weighted by Gasteiger charge is 2.39. The summed E-state index contributed by atoms with van der Waals surface area (Å²) in [6.45, 7) is 4.83. The molecule has 1 unspecified atom stereocenters. The lowest BCUT2D eigenvalue weighted by atomic mass is 9.93. The van der Waals surface area contributed by atoms with Gasteiger partial charge in [0.05, 0.1) is 5.92 Å². The third kappa shape index (κ3) is 2.69. The predicted octanol–water partition coefficient (Wildman–Crippen LogP) is 1.80. The summed E-state index contributed by atoms with van der Waals surface area (Å²) in [4.78, 5) is 16.0. The molecule has 1 atom stereocenters. The average Bonchev–Trinajstić information content (AvgIpc) is 2.96. The van der Waals surface area contributed by atoms with Crippen molar-refractivity contribution in [1.29, 1.82) is 0 Å². The average molecular weight is 268 g/mol. The van der Waals surface area contributed by atoms with Crippen LogP contribution in [0.5, 0.6) is 0 Å². The summed E-state index contributed by atoms with van der Waals surface area (Å²) in [5.74, 6) is 0.613. The van der Waals surface area contributed by atoms with Crippen molar-refractivity contribution in [2.75, 3.05) is 20.3 Å². The maximum absolute atomic E-state index is 11.7. The zero-order valence-corrected chi connectivity index (χ0v) is 11.6. The summed E-state index contributed by atoms with van der Waals surface area (Å²) in [5, 5.41) is 4.00. The van der Waals surface area contributed by atoms with E-state index in [9.17, 15) is 4.79 Å². The highest BCUT2D eigenvalue weighted by atomic mass is 16.5. The van der Waals surface area contributed by atoms with E-state index in [1.807, 2.05) is 6.92 Å².